The van der Waals surface area contributed by atoms with Crippen LogP contribution in [0.4, 0.5) is 0 Å². The summed E-state index contributed by atoms with van der Waals surface area (Å²) in [6.07, 6.45) is 1.70. The van der Waals surface area contributed by atoms with Crippen LogP contribution in [0.1, 0.15) is 26.3 Å². The minimum Gasteiger partial charge on any atom is -0.481 e. The van der Waals surface area contributed by atoms with Gasteiger partial charge >= 0.3 is 0 Å². The van der Waals surface area contributed by atoms with Crippen LogP contribution in [0.25, 0.3) is 0 Å². The topological polar surface area (TPSA) is 67.8 Å². The highest BCUT2D eigenvalue weighted by molar-refractivity contribution is 5.79. The minimum absolute atomic E-state index is 0.248. The Bertz CT molecular complexity index is 461. The molecular weight excluding hydrogens is 268 g/mol. The molecule has 0 atom stereocenters. The number of nitrogens with one attached hydrogen (secondary N) is 2. The van der Waals surface area contributed by atoms with Crippen molar-refractivity contribution in [3.05, 3.63) is 23.9 Å². The zero-order chi connectivity index (χ0) is 15.7. The molecule has 1 rings (SSSR count). The third-order valence-corrected chi connectivity index (χ3v) is 3.03. The predicted molar refractivity (Wildman–Crippen MR) is 84.7 cm³/mol. The molecule has 0 aliphatic rings. The van der Waals surface area contributed by atoms with Crippen LogP contribution >= 0.6 is 0 Å². The zero-order valence-electron chi connectivity index (χ0n) is 13.6. The molecule has 1 heterocycles. The second kappa shape index (κ2) is 8.46. The number of aromatic nitrogens is 1. The third kappa shape index (κ3) is 5.99. The second-order valence-electron chi connectivity index (χ2n) is 5.18. The van der Waals surface area contributed by atoms with E-state index in [9.17, 15) is 0 Å². The molecule has 0 bridgehead atoms. The Labute approximate surface area is 127 Å². The largest absolute Gasteiger partial charge is 0.481 e. The van der Waals surface area contributed by atoms with Gasteiger partial charge < -0.3 is 20.1 Å². The zero-order valence-corrected chi connectivity index (χ0v) is 13.6. The van der Waals surface area contributed by atoms with E-state index in [1.165, 1.54) is 0 Å². The van der Waals surface area contributed by atoms with E-state index in [-0.39, 0.29) is 5.60 Å². The Hall–Kier alpha value is -1.82. The molecule has 6 heteroatoms. The maximum absolute atomic E-state index is 5.39. The lowest BCUT2D eigenvalue weighted by molar-refractivity contribution is 0.0268. The molecule has 0 saturated carbocycles. The van der Waals surface area contributed by atoms with Crippen LogP contribution in [0.15, 0.2) is 23.3 Å². The number of rotatable bonds is 7. The van der Waals surface area contributed by atoms with Crippen LogP contribution in [-0.2, 0) is 11.3 Å². The maximum atomic E-state index is 5.39. The highest BCUT2D eigenvalue weighted by Crippen LogP contribution is 2.14. The average Bonchev–Trinajstić information content (AvgIpc) is 2.50. The van der Waals surface area contributed by atoms with E-state index in [1.54, 1.807) is 20.4 Å². The first-order valence-corrected chi connectivity index (χ1v) is 7.07. The summed E-state index contributed by atoms with van der Waals surface area (Å²) in [4.78, 5) is 8.72. The van der Waals surface area contributed by atoms with Crippen molar-refractivity contribution in [2.75, 3.05) is 27.3 Å². The van der Waals surface area contributed by atoms with Gasteiger partial charge in [-0.2, -0.15) is 0 Å². The Morgan fingerprint density at radius 2 is 2.10 bits per heavy atom. The number of aliphatic imine (C=N–C) groups is 1. The Morgan fingerprint density at radius 1 is 1.33 bits per heavy atom. The number of hydrogen-bond acceptors (Lipinski definition) is 4. The first kappa shape index (κ1) is 17.2. The van der Waals surface area contributed by atoms with Gasteiger partial charge in [-0.3, -0.25) is 0 Å². The Balaban J connectivity index is 2.71. The third-order valence-electron chi connectivity index (χ3n) is 3.03. The molecule has 0 aliphatic heterocycles. The number of guanidine groups is 1. The SMILES string of the molecule is CCNC(=NCc1cccnc1OC)NCC(C)(C)OC. The lowest BCUT2D eigenvalue weighted by atomic mass is 10.1. The molecule has 0 saturated heterocycles. The van der Waals surface area contributed by atoms with E-state index in [0.29, 0.717) is 19.0 Å². The summed E-state index contributed by atoms with van der Waals surface area (Å²) in [5, 5.41) is 6.48. The maximum Gasteiger partial charge on any atom is 0.218 e. The van der Waals surface area contributed by atoms with Crippen LogP contribution in [0.2, 0.25) is 0 Å². The van der Waals surface area contributed by atoms with Gasteiger partial charge in [-0.15, -0.1) is 0 Å². The fourth-order valence-electron chi connectivity index (χ4n) is 1.60. The van der Waals surface area contributed by atoms with Crippen molar-refractivity contribution in [2.45, 2.75) is 32.9 Å². The van der Waals surface area contributed by atoms with Gasteiger partial charge in [0.1, 0.15) is 0 Å². The van der Waals surface area contributed by atoms with Crippen LogP contribution in [0.5, 0.6) is 5.88 Å². The number of methoxy groups -OCH3 is 2. The van der Waals surface area contributed by atoms with E-state index in [4.69, 9.17) is 9.47 Å². The molecule has 21 heavy (non-hydrogen) atoms. The highest BCUT2D eigenvalue weighted by Gasteiger charge is 2.16. The molecule has 1 aromatic rings. The van der Waals surface area contributed by atoms with Crippen LogP contribution in [0.3, 0.4) is 0 Å². The molecule has 0 aliphatic carbocycles. The Kier molecular flexibility index (Phi) is 6.94. The molecular formula is C15H26N4O2. The van der Waals surface area contributed by atoms with Gasteiger partial charge in [-0.05, 0) is 26.8 Å². The van der Waals surface area contributed by atoms with Gasteiger partial charge in [0.25, 0.3) is 0 Å². The quantitative estimate of drug-likeness (QED) is 0.590. The number of hydrogen-bond donors (Lipinski definition) is 2. The fourth-order valence-corrected chi connectivity index (χ4v) is 1.60. The normalized spacial score (nSPS) is 12.1. The monoisotopic (exact) mass is 294 g/mol. The molecule has 0 spiro atoms. The lowest BCUT2D eigenvalue weighted by Gasteiger charge is -2.24. The van der Waals surface area contributed by atoms with Gasteiger partial charge in [0, 0.05) is 32.0 Å². The van der Waals surface area contributed by atoms with Crippen molar-refractivity contribution in [1.29, 1.82) is 0 Å². The summed E-state index contributed by atoms with van der Waals surface area (Å²) < 4.78 is 10.6. The molecule has 2 N–H and O–H groups in total. The van der Waals surface area contributed by atoms with E-state index in [0.717, 1.165) is 18.1 Å². The average molecular weight is 294 g/mol. The Morgan fingerprint density at radius 3 is 2.71 bits per heavy atom. The standard InChI is InChI=1S/C15H26N4O2/c1-6-16-14(19-11-15(2,3)21-5)18-10-12-8-7-9-17-13(12)20-4/h7-9H,6,10-11H2,1-5H3,(H2,16,18,19). The number of nitrogens with zero attached hydrogens (tertiary/aromatic N) is 2. The first-order valence-electron chi connectivity index (χ1n) is 7.07. The van der Waals surface area contributed by atoms with Crippen molar-refractivity contribution in [2.24, 2.45) is 4.99 Å². The highest BCUT2D eigenvalue weighted by atomic mass is 16.5. The van der Waals surface area contributed by atoms with Crippen molar-refractivity contribution in [1.82, 2.24) is 15.6 Å². The summed E-state index contributed by atoms with van der Waals surface area (Å²) in [6, 6.07) is 3.83. The summed E-state index contributed by atoms with van der Waals surface area (Å²) in [7, 11) is 3.31. The van der Waals surface area contributed by atoms with Crippen LogP contribution in [-0.4, -0.2) is 43.9 Å². The molecule has 0 fully saturated rings. The first-order chi connectivity index (χ1) is 10.0. The van der Waals surface area contributed by atoms with Gasteiger partial charge in [-0.1, -0.05) is 6.07 Å². The summed E-state index contributed by atoms with van der Waals surface area (Å²) in [6.45, 7) is 8.04. The van der Waals surface area contributed by atoms with Crippen molar-refractivity contribution in [3.63, 3.8) is 0 Å². The number of pyridine rings is 1. The molecule has 0 radical (unpaired) electrons. The van der Waals surface area contributed by atoms with E-state index >= 15 is 0 Å². The molecule has 6 nitrogen and oxygen atoms in total. The number of ether oxygens (including phenoxy) is 2. The van der Waals surface area contributed by atoms with Gasteiger partial charge in [-0.25, -0.2) is 9.98 Å². The van der Waals surface area contributed by atoms with E-state index in [1.807, 2.05) is 32.9 Å². The van der Waals surface area contributed by atoms with Crippen LogP contribution in [0, 0.1) is 0 Å². The summed E-state index contributed by atoms with van der Waals surface area (Å²) in [5.41, 5.74) is 0.700. The van der Waals surface area contributed by atoms with E-state index in [2.05, 4.69) is 20.6 Å². The van der Waals surface area contributed by atoms with Gasteiger partial charge in [0.15, 0.2) is 5.96 Å². The fraction of sp³-hybridized carbons (Fsp3) is 0.600. The van der Waals surface area contributed by atoms with Crippen molar-refractivity contribution in [3.8, 4) is 5.88 Å². The summed E-state index contributed by atoms with van der Waals surface area (Å²) in [5.74, 6) is 1.35. The van der Waals surface area contributed by atoms with Crippen LogP contribution < -0.4 is 15.4 Å². The molecule has 0 aromatic carbocycles. The molecule has 118 valence electrons. The lowest BCUT2D eigenvalue weighted by Crippen LogP contribution is -2.45. The second-order valence-corrected chi connectivity index (χ2v) is 5.18. The van der Waals surface area contributed by atoms with Gasteiger partial charge in [0.2, 0.25) is 5.88 Å². The van der Waals surface area contributed by atoms with Crippen molar-refractivity contribution >= 4 is 5.96 Å². The minimum atomic E-state index is -0.248. The predicted octanol–water partition coefficient (Wildman–Crippen LogP) is 1.57. The molecule has 1 aromatic heterocycles. The van der Waals surface area contributed by atoms with E-state index < -0.39 is 0 Å². The summed E-state index contributed by atoms with van der Waals surface area (Å²) >= 11 is 0. The van der Waals surface area contributed by atoms with Crippen molar-refractivity contribution < 1.29 is 9.47 Å². The molecule has 0 unspecified atom stereocenters. The van der Waals surface area contributed by atoms with Gasteiger partial charge in [0.05, 0.1) is 19.3 Å². The molecule has 0 amide bonds. The smallest absolute Gasteiger partial charge is 0.218 e.